The molecular formula is C26H25F2N5O. The summed E-state index contributed by atoms with van der Waals surface area (Å²) in [6.07, 6.45) is 4.44. The molecular weight excluding hydrogens is 436 g/mol. The molecule has 1 aliphatic heterocycles. The second-order valence-corrected chi connectivity index (χ2v) is 8.66. The Morgan fingerprint density at radius 3 is 2.59 bits per heavy atom. The molecule has 0 N–H and O–H groups in total. The Balaban J connectivity index is 1.74. The summed E-state index contributed by atoms with van der Waals surface area (Å²) < 4.78 is 33.9. The first-order valence-electron chi connectivity index (χ1n) is 11.1. The predicted molar refractivity (Wildman–Crippen MR) is 129 cm³/mol. The molecule has 2 aromatic heterocycles. The average Bonchev–Trinajstić information content (AvgIpc) is 3.34. The van der Waals surface area contributed by atoms with Gasteiger partial charge in [0, 0.05) is 54.1 Å². The van der Waals surface area contributed by atoms with Crippen LogP contribution < -0.4 is 9.64 Å². The average molecular weight is 462 g/mol. The summed E-state index contributed by atoms with van der Waals surface area (Å²) in [6.45, 7) is 1.64. The van der Waals surface area contributed by atoms with Gasteiger partial charge in [-0.25, -0.2) is 18.7 Å². The van der Waals surface area contributed by atoms with Gasteiger partial charge >= 0.3 is 0 Å². The zero-order valence-electron chi connectivity index (χ0n) is 19.3. The van der Waals surface area contributed by atoms with Crippen LogP contribution in [0.15, 0.2) is 54.9 Å². The number of hydrogen-bond acceptors (Lipinski definition) is 6. The zero-order chi connectivity index (χ0) is 23.8. The van der Waals surface area contributed by atoms with Gasteiger partial charge in [0.05, 0.1) is 7.11 Å². The van der Waals surface area contributed by atoms with Crippen LogP contribution >= 0.6 is 0 Å². The number of aromatic nitrogens is 3. The molecule has 0 aliphatic carbocycles. The van der Waals surface area contributed by atoms with Gasteiger partial charge < -0.3 is 14.5 Å². The minimum absolute atomic E-state index is 0.288. The van der Waals surface area contributed by atoms with Crippen molar-refractivity contribution in [1.82, 2.24) is 19.9 Å². The van der Waals surface area contributed by atoms with Gasteiger partial charge in [-0.3, -0.25) is 4.98 Å². The van der Waals surface area contributed by atoms with Crippen molar-refractivity contribution < 1.29 is 13.5 Å². The standard InChI is InChI=1S/C26H25F2N5O/c1-32(2)19-8-10-33(15-19)26-21-11-17(20-7-6-18(27)13-22(20)28)12-23(34-3)24(21)30-25(31-26)16-5-4-9-29-14-16/h4-7,9,11-14,19H,8,10,15H2,1-3H3. The van der Waals surface area contributed by atoms with E-state index in [1.165, 1.54) is 12.1 Å². The molecule has 5 rings (SSSR count). The third-order valence-corrected chi connectivity index (χ3v) is 6.32. The molecule has 34 heavy (non-hydrogen) atoms. The summed E-state index contributed by atoms with van der Waals surface area (Å²) in [6, 6.07) is 11.3. The fraction of sp³-hybridized carbons (Fsp3) is 0.269. The van der Waals surface area contributed by atoms with Crippen LogP contribution in [0.3, 0.4) is 0 Å². The summed E-state index contributed by atoms with van der Waals surface area (Å²) in [4.78, 5) is 18.4. The second kappa shape index (κ2) is 8.95. The van der Waals surface area contributed by atoms with Gasteiger partial charge in [0.25, 0.3) is 0 Å². The van der Waals surface area contributed by atoms with E-state index in [1.54, 1.807) is 25.6 Å². The second-order valence-electron chi connectivity index (χ2n) is 8.66. The van der Waals surface area contributed by atoms with Crippen molar-refractivity contribution in [3.8, 4) is 28.3 Å². The minimum Gasteiger partial charge on any atom is -0.494 e. The maximum absolute atomic E-state index is 14.7. The first-order chi connectivity index (χ1) is 16.4. The molecule has 0 spiro atoms. The number of benzene rings is 2. The Hall–Kier alpha value is -3.65. The van der Waals surface area contributed by atoms with E-state index >= 15 is 0 Å². The lowest BCUT2D eigenvalue weighted by Gasteiger charge is -2.23. The van der Waals surface area contributed by atoms with E-state index in [0.29, 0.717) is 28.7 Å². The molecule has 0 amide bonds. The van der Waals surface area contributed by atoms with E-state index in [2.05, 4.69) is 28.9 Å². The van der Waals surface area contributed by atoms with Crippen molar-refractivity contribution in [1.29, 1.82) is 0 Å². The molecule has 1 aliphatic rings. The highest BCUT2D eigenvalue weighted by Gasteiger charge is 2.28. The van der Waals surface area contributed by atoms with Gasteiger partial charge in [0.15, 0.2) is 5.82 Å². The molecule has 1 saturated heterocycles. The molecule has 174 valence electrons. The summed E-state index contributed by atoms with van der Waals surface area (Å²) in [5.41, 5.74) is 2.29. The van der Waals surface area contributed by atoms with Crippen LogP contribution in [0.25, 0.3) is 33.4 Å². The van der Waals surface area contributed by atoms with Gasteiger partial charge in [-0.2, -0.15) is 0 Å². The Bertz CT molecular complexity index is 1350. The van der Waals surface area contributed by atoms with E-state index in [-0.39, 0.29) is 5.56 Å². The monoisotopic (exact) mass is 461 g/mol. The molecule has 0 saturated carbocycles. The maximum Gasteiger partial charge on any atom is 0.163 e. The minimum atomic E-state index is -0.635. The van der Waals surface area contributed by atoms with Crippen LogP contribution in [0.2, 0.25) is 0 Å². The van der Waals surface area contributed by atoms with Crippen molar-refractivity contribution in [2.45, 2.75) is 12.5 Å². The largest absolute Gasteiger partial charge is 0.494 e. The third kappa shape index (κ3) is 4.05. The van der Waals surface area contributed by atoms with Gasteiger partial charge in [-0.15, -0.1) is 0 Å². The normalized spacial score (nSPS) is 15.9. The van der Waals surface area contributed by atoms with E-state index in [1.807, 2.05) is 18.2 Å². The quantitative estimate of drug-likeness (QED) is 0.426. The van der Waals surface area contributed by atoms with Gasteiger partial charge in [0.1, 0.15) is 28.7 Å². The van der Waals surface area contributed by atoms with Crippen LogP contribution in [0.1, 0.15) is 6.42 Å². The number of halogens is 2. The summed E-state index contributed by atoms with van der Waals surface area (Å²) >= 11 is 0. The van der Waals surface area contributed by atoms with Crippen LogP contribution in [0.4, 0.5) is 14.6 Å². The number of anilines is 1. The molecule has 6 nitrogen and oxygen atoms in total. The Labute approximate surface area is 196 Å². The predicted octanol–water partition coefficient (Wildman–Crippen LogP) is 4.79. The number of hydrogen-bond donors (Lipinski definition) is 0. The number of ether oxygens (including phenoxy) is 1. The highest BCUT2D eigenvalue weighted by atomic mass is 19.1. The zero-order valence-corrected chi connectivity index (χ0v) is 19.3. The molecule has 1 fully saturated rings. The topological polar surface area (TPSA) is 54.4 Å². The number of nitrogens with zero attached hydrogens (tertiary/aromatic N) is 5. The number of methoxy groups -OCH3 is 1. The fourth-order valence-electron chi connectivity index (χ4n) is 4.44. The lowest BCUT2D eigenvalue weighted by molar-refractivity contribution is 0.315. The van der Waals surface area contributed by atoms with Crippen molar-refractivity contribution >= 4 is 16.7 Å². The molecule has 4 aromatic rings. The van der Waals surface area contributed by atoms with Gasteiger partial charge in [-0.1, -0.05) is 0 Å². The number of fused-ring (bicyclic) bond motifs is 1. The van der Waals surface area contributed by atoms with Gasteiger partial charge in [-0.05, 0) is 62.5 Å². The molecule has 0 bridgehead atoms. The van der Waals surface area contributed by atoms with Crippen LogP contribution in [-0.4, -0.2) is 60.2 Å². The highest BCUT2D eigenvalue weighted by Crippen LogP contribution is 2.38. The number of pyridine rings is 1. The Morgan fingerprint density at radius 2 is 1.91 bits per heavy atom. The third-order valence-electron chi connectivity index (χ3n) is 6.32. The van der Waals surface area contributed by atoms with Crippen molar-refractivity contribution in [2.24, 2.45) is 0 Å². The molecule has 3 heterocycles. The molecule has 0 radical (unpaired) electrons. The first kappa shape index (κ1) is 22.2. The number of likely N-dealkylation sites (N-methyl/N-ethyl adjacent to an activating group) is 1. The van der Waals surface area contributed by atoms with E-state index in [9.17, 15) is 8.78 Å². The van der Waals surface area contributed by atoms with E-state index in [0.717, 1.165) is 42.3 Å². The van der Waals surface area contributed by atoms with Crippen LogP contribution in [-0.2, 0) is 0 Å². The molecule has 1 unspecified atom stereocenters. The maximum atomic E-state index is 14.7. The number of rotatable bonds is 5. The van der Waals surface area contributed by atoms with Crippen molar-refractivity contribution in [3.63, 3.8) is 0 Å². The highest BCUT2D eigenvalue weighted by molar-refractivity contribution is 5.98. The van der Waals surface area contributed by atoms with Crippen LogP contribution in [0.5, 0.6) is 5.75 Å². The summed E-state index contributed by atoms with van der Waals surface area (Å²) in [5, 5.41) is 0.755. The lowest BCUT2D eigenvalue weighted by Crippen LogP contribution is -2.31. The SMILES string of the molecule is COc1cc(-c2ccc(F)cc2F)cc2c(N3CCC(N(C)C)C3)nc(-c3cccnc3)nc12. The molecule has 2 aromatic carbocycles. The molecule has 1 atom stereocenters. The van der Waals surface area contributed by atoms with E-state index in [4.69, 9.17) is 14.7 Å². The van der Waals surface area contributed by atoms with Gasteiger partial charge in [0.2, 0.25) is 0 Å². The lowest BCUT2D eigenvalue weighted by atomic mass is 10.0. The summed E-state index contributed by atoms with van der Waals surface area (Å²) in [5.74, 6) is 0.544. The Kier molecular flexibility index (Phi) is 5.83. The van der Waals surface area contributed by atoms with Crippen LogP contribution in [0, 0.1) is 11.6 Å². The smallest absolute Gasteiger partial charge is 0.163 e. The molecule has 8 heteroatoms. The van der Waals surface area contributed by atoms with E-state index < -0.39 is 11.6 Å². The first-order valence-corrected chi connectivity index (χ1v) is 11.1. The van der Waals surface area contributed by atoms with Crippen molar-refractivity contribution in [2.75, 3.05) is 39.2 Å². The van der Waals surface area contributed by atoms with Crippen molar-refractivity contribution in [3.05, 3.63) is 66.5 Å². The Morgan fingerprint density at radius 1 is 1.06 bits per heavy atom. The fourth-order valence-corrected chi connectivity index (χ4v) is 4.44. The summed E-state index contributed by atoms with van der Waals surface area (Å²) in [7, 11) is 5.71.